The summed E-state index contributed by atoms with van der Waals surface area (Å²) in [5.41, 5.74) is 5.63. The number of carbonyl (C=O) groups is 1. The Bertz CT molecular complexity index is 838. The Kier molecular flexibility index (Phi) is 5.09. The Morgan fingerprint density at radius 3 is 2.04 bits per heavy atom. The van der Waals surface area contributed by atoms with Crippen molar-refractivity contribution in [3.63, 3.8) is 0 Å². The number of anilines is 2. The van der Waals surface area contributed by atoms with Crippen molar-refractivity contribution >= 4 is 17.3 Å². The van der Waals surface area contributed by atoms with Gasteiger partial charge in [0.2, 0.25) is 0 Å². The van der Waals surface area contributed by atoms with Crippen LogP contribution in [0.2, 0.25) is 0 Å². The number of hydrogen-bond donors (Lipinski definition) is 2. The van der Waals surface area contributed by atoms with Crippen molar-refractivity contribution in [2.75, 3.05) is 10.6 Å². The van der Waals surface area contributed by atoms with Gasteiger partial charge in [-0.3, -0.25) is 4.79 Å². The molecule has 0 aliphatic carbocycles. The molecule has 0 fully saturated rings. The van der Waals surface area contributed by atoms with Crippen LogP contribution in [0, 0.1) is 13.8 Å². The molecule has 3 aromatic rings. The first-order valence-electron chi connectivity index (χ1n) is 8.24. The average Bonchev–Trinajstić information content (AvgIpc) is 2.63. The van der Waals surface area contributed by atoms with E-state index in [-0.39, 0.29) is 5.91 Å². The van der Waals surface area contributed by atoms with Gasteiger partial charge in [0.1, 0.15) is 5.69 Å². The molecule has 25 heavy (non-hydrogen) atoms. The van der Waals surface area contributed by atoms with Gasteiger partial charge in [-0.1, -0.05) is 47.5 Å². The summed E-state index contributed by atoms with van der Waals surface area (Å²) in [5, 5.41) is 6.15. The highest BCUT2D eigenvalue weighted by atomic mass is 16.1. The van der Waals surface area contributed by atoms with Gasteiger partial charge in [-0.15, -0.1) is 0 Å². The molecule has 4 heteroatoms. The molecule has 1 aromatic heterocycles. The number of nitrogens with zero attached hydrogens (tertiary/aromatic N) is 1. The number of nitrogens with one attached hydrogen (secondary N) is 2. The van der Waals surface area contributed by atoms with E-state index in [4.69, 9.17) is 0 Å². The first kappa shape index (κ1) is 16.7. The topological polar surface area (TPSA) is 54.0 Å². The van der Waals surface area contributed by atoms with Crippen LogP contribution in [0.1, 0.15) is 27.2 Å². The van der Waals surface area contributed by atoms with Gasteiger partial charge in [0.05, 0.1) is 11.9 Å². The molecule has 2 aromatic carbocycles. The van der Waals surface area contributed by atoms with Crippen LogP contribution < -0.4 is 10.6 Å². The zero-order valence-electron chi connectivity index (χ0n) is 14.4. The third kappa shape index (κ3) is 4.67. The number of benzene rings is 2. The van der Waals surface area contributed by atoms with Gasteiger partial charge < -0.3 is 10.6 Å². The summed E-state index contributed by atoms with van der Waals surface area (Å²) in [5.74, 6) is -0.214. The van der Waals surface area contributed by atoms with Gasteiger partial charge in [-0.25, -0.2) is 4.98 Å². The lowest BCUT2D eigenvalue weighted by Crippen LogP contribution is -2.13. The van der Waals surface area contributed by atoms with Crippen molar-refractivity contribution in [2.24, 2.45) is 0 Å². The molecule has 0 unspecified atom stereocenters. The Labute approximate surface area is 147 Å². The fourth-order valence-corrected chi connectivity index (χ4v) is 2.37. The minimum absolute atomic E-state index is 0.214. The molecule has 0 aliphatic heterocycles. The van der Waals surface area contributed by atoms with Gasteiger partial charge in [-0.2, -0.15) is 0 Å². The van der Waals surface area contributed by atoms with Crippen LogP contribution in [0.25, 0.3) is 0 Å². The molecule has 0 spiro atoms. The number of amides is 1. The van der Waals surface area contributed by atoms with E-state index < -0.39 is 0 Å². The highest BCUT2D eigenvalue weighted by molar-refractivity contribution is 6.02. The standard InChI is InChI=1S/C21H21N3O/c1-15-3-7-17(8-4-15)13-22-19-11-12-20(23-14-19)21(25)24-18-9-5-16(2)6-10-18/h3-12,14,22H,13H2,1-2H3,(H,24,25). The van der Waals surface area contributed by atoms with Crippen molar-refractivity contribution in [1.29, 1.82) is 0 Å². The number of carbonyl (C=O) groups excluding carboxylic acids is 1. The fraction of sp³-hybridized carbons (Fsp3) is 0.143. The Hall–Kier alpha value is -3.14. The Balaban J connectivity index is 1.58. The van der Waals surface area contributed by atoms with Crippen LogP contribution >= 0.6 is 0 Å². The summed E-state index contributed by atoms with van der Waals surface area (Å²) >= 11 is 0. The first-order valence-corrected chi connectivity index (χ1v) is 8.24. The van der Waals surface area contributed by atoms with Crippen LogP contribution in [0.3, 0.4) is 0 Å². The lowest BCUT2D eigenvalue weighted by atomic mass is 10.1. The molecular formula is C21H21N3O. The molecule has 3 rings (SSSR count). The van der Waals surface area contributed by atoms with Crippen LogP contribution in [0.4, 0.5) is 11.4 Å². The predicted octanol–water partition coefficient (Wildman–Crippen LogP) is 4.56. The van der Waals surface area contributed by atoms with Gasteiger partial charge >= 0.3 is 0 Å². The second-order valence-electron chi connectivity index (χ2n) is 6.09. The normalized spacial score (nSPS) is 10.3. The van der Waals surface area contributed by atoms with Crippen molar-refractivity contribution in [3.05, 3.63) is 89.2 Å². The SMILES string of the molecule is Cc1ccc(CNc2ccc(C(=O)Nc3ccc(C)cc3)nc2)cc1. The number of aryl methyl sites for hydroxylation is 2. The first-order chi connectivity index (χ1) is 12.1. The maximum absolute atomic E-state index is 12.2. The van der Waals surface area contributed by atoms with E-state index in [0.29, 0.717) is 5.69 Å². The van der Waals surface area contributed by atoms with Gasteiger partial charge in [0.25, 0.3) is 5.91 Å². The predicted molar refractivity (Wildman–Crippen MR) is 102 cm³/mol. The summed E-state index contributed by atoms with van der Waals surface area (Å²) in [6.07, 6.45) is 1.68. The molecule has 0 bridgehead atoms. The molecule has 4 nitrogen and oxygen atoms in total. The van der Waals surface area contributed by atoms with E-state index in [0.717, 1.165) is 23.5 Å². The third-order valence-electron chi connectivity index (χ3n) is 3.92. The molecule has 0 atom stereocenters. The highest BCUT2D eigenvalue weighted by Gasteiger charge is 2.07. The number of hydrogen-bond acceptors (Lipinski definition) is 3. The van der Waals surface area contributed by atoms with Crippen molar-refractivity contribution in [1.82, 2.24) is 4.98 Å². The highest BCUT2D eigenvalue weighted by Crippen LogP contribution is 2.12. The van der Waals surface area contributed by atoms with E-state index in [9.17, 15) is 4.79 Å². The molecule has 0 aliphatic rings. The van der Waals surface area contributed by atoms with Crippen LogP contribution in [0.5, 0.6) is 0 Å². The summed E-state index contributed by atoms with van der Waals surface area (Å²) in [6, 6.07) is 19.6. The molecule has 126 valence electrons. The van der Waals surface area contributed by atoms with E-state index in [1.54, 1.807) is 12.3 Å². The summed E-state index contributed by atoms with van der Waals surface area (Å²) in [7, 11) is 0. The summed E-state index contributed by atoms with van der Waals surface area (Å²) in [6.45, 7) is 4.80. The zero-order chi connectivity index (χ0) is 17.6. The minimum atomic E-state index is -0.214. The molecule has 1 amide bonds. The van der Waals surface area contributed by atoms with Crippen LogP contribution in [-0.4, -0.2) is 10.9 Å². The fourth-order valence-electron chi connectivity index (χ4n) is 2.37. The molecule has 0 radical (unpaired) electrons. The monoisotopic (exact) mass is 331 g/mol. The van der Waals surface area contributed by atoms with Gasteiger partial charge in [0.15, 0.2) is 0 Å². The van der Waals surface area contributed by atoms with Crippen molar-refractivity contribution in [3.8, 4) is 0 Å². The van der Waals surface area contributed by atoms with E-state index >= 15 is 0 Å². The number of rotatable bonds is 5. The van der Waals surface area contributed by atoms with Crippen molar-refractivity contribution < 1.29 is 4.79 Å². The number of pyridine rings is 1. The third-order valence-corrected chi connectivity index (χ3v) is 3.92. The zero-order valence-corrected chi connectivity index (χ0v) is 14.4. The Morgan fingerprint density at radius 1 is 0.840 bits per heavy atom. The minimum Gasteiger partial charge on any atom is -0.380 e. The summed E-state index contributed by atoms with van der Waals surface area (Å²) < 4.78 is 0. The molecule has 0 saturated carbocycles. The molecule has 2 N–H and O–H groups in total. The lowest BCUT2D eigenvalue weighted by molar-refractivity contribution is 0.102. The average molecular weight is 331 g/mol. The molecule has 1 heterocycles. The maximum atomic E-state index is 12.2. The summed E-state index contributed by atoms with van der Waals surface area (Å²) in [4.78, 5) is 16.5. The smallest absolute Gasteiger partial charge is 0.274 e. The second kappa shape index (κ2) is 7.62. The van der Waals surface area contributed by atoms with E-state index in [1.807, 2.05) is 37.3 Å². The van der Waals surface area contributed by atoms with Gasteiger partial charge in [0, 0.05) is 12.2 Å². The Morgan fingerprint density at radius 2 is 1.44 bits per heavy atom. The second-order valence-corrected chi connectivity index (χ2v) is 6.09. The van der Waals surface area contributed by atoms with Crippen LogP contribution in [0.15, 0.2) is 66.9 Å². The maximum Gasteiger partial charge on any atom is 0.274 e. The molecule has 0 saturated heterocycles. The van der Waals surface area contributed by atoms with E-state index in [1.165, 1.54) is 11.1 Å². The van der Waals surface area contributed by atoms with E-state index in [2.05, 4.69) is 46.8 Å². The van der Waals surface area contributed by atoms with Crippen LogP contribution in [-0.2, 0) is 6.54 Å². The quantitative estimate of drug-likeness (QED) is 0.720. The lowest BCUT2D eigenvalue weighted by Gasteiger charge is -2.08. The largest absolute Gasteiger partial charge is 0.380 e. The number of aromatic nitrogens is 1. The van der Waals surface area contributed by atoms with Crippen molar-refractivity contribution in [2.45, 2.75) is 20.4 Å². The van der Waals surface area contributed by atoms with Gasteiger partial charge in [-0.05, 0) is 43.7 Å². The molecular weight excluding hydrogens is 310 g/mol.